The van der Waals surface area contributed by atoms with E-state index >= 15 is 0 Å². The van der Waals surface area contributed by atoms with Gasteiger partial charge in [-0.1, -0.05) is 45.2 Å². The van der Waals surface area contributed by atoms with Crippen molar-refractivity contribution in [2.75, 3.05) is 5.73 Å². The summed E-state index contributed by atoms with van der Waals surface area (Å²) in [7, 11) is 0. The van der Waals surface area contributed by atoms with Gasteiger partial charge >= 0.3 is 0 Å². The minimum absolute atomic E-state index is 0.369. The van der Waals surface area contributed by atoms with Crippen LogP contribution in [0.1, 0.15) is 0 Å². The maximum atomic E-state index is 6.03. The minimum atomic E-state index is 0.369. The molecule has 0 heterocycles. The van der Waals surface area contributed by atoms with Gasteiger partial charge in [0.05, 0.1) is 10.7 Å². The van der Waals surface area contributed by atoms with Crippen LogP contribution in [0, 0.1) is 0 Å². The lowest BCUT2D eigenvalue weighted by Gasteiger charge is -2.10. The number of halogens is 3. The molecular weight excluding hydrogens is 325 g/mol. The van der Waals surface area contributed by atoms with E-state index in [2.05, 4.69) is 15.9 Å². The highest BCUT2D eigenvalue weighted by molar-refractivity contribution is 9.10. The van der Waals surface area contributed by atoms with Crippen molar-refractivity contribution < 1.29 is 4.74 Å². The third-order valence-electron chi connectivity index (χ3n) is 2.11. The van der Waals surface area contributed by atoms with Crippen molar-refractivity contribution in [3.8, 4) is 11.5 Å². The fourth-order valence-electron chi connectivity index (χ4n) is 1.28. The second-order valence-electron chi connectivity index (χ2n) is 3.34. The van der Waals surface area contributed by atoms with Crippen molar-refractivity contribution in [2.45, 2.75) is 0 Å². The van der Waals surface area contributed by atoms with Gasteiger partial charge in [0.25, 0.3) is 0 Å². The van der Waals surface area contributed by atoms with Crippen LogP contribution < -0.4 is 10.5 Å². The molecule has 88 valence electrons. The Balaban J connectivity index is 2.38. The first-order chi connectivity index (χ1) is 8.08. The van der Waals surface area contributed by atoms with Crippen LogP contribution in [0.5, 0.6) is 11.5 Å². The first-order valence-electron chi connectivity index (χ1n) is 4.75. The van der Waals surface area contributed by atoms with E-state index in [9.17, 15) is 0 Å². The molecule has 0 aromatic heterocycles. The maximum absolute atomic E-state index is 6.03. The Morgan fingerprint density at radius 3 is 2.59 bits per heavy atom. The predicted octanol–water partition coefficient (Wildman–Crippen LogP) is 5.13. The summed E-state index contributed by atoms with van der Waals surface area (Å²) in [5.74, 6) is 1.01. The average molecular weight is 333 g/mol. The molecule has 0 atom stereocenters. The number of rotatable bonds is 2. The summed E-state index contributed by atoms with van der Waals surface area (Å²) >= 11 is 15.3. The molecule has 0 spiro atoms. The Bertz CT molecular complexity index is 560. The molecular formula is C12H8BrCl2NO. The van der Waals surface area contributed by atoms with Crippen molar-refractivity contribution in [3.05, 3.63) is 50.9 Å². The highest BCUT2D eigenvalue weighted by Crippen LogP contribution is 2.37. The molecule has 2 nitrogen and oxygen atoms in total. The zero-order valence-corrected chi connectivity index (χ0v) is 11.7. The molecule has 17 heavy (non-hydrogen) atoms. The zero-order valence-electron chi connectivity index (χ0n) is 8.58. The topological polar surface area (TPSA) is 35.2 Å². The molecule has 0 radical (unpaired) electrons. The van der Waals surface area contributed by atoms with Crippen molar-refractivity contribution in [3.63, 3.8) is 0 Å². The Kier molecular flexibility index (Phi) is 3.82. The van der Waals surface area contributed by atoms with E-state index in [1.807, 2.05) is 6.07 Å². The van der Waals surface area contributed by atoms with Gasteiger partial charge in [-0.2, -0.15) is 0 Å². The number of nitrogen functional groups attached to an aromatic ring is 1. The second kappa shape index (κ2) is 5.17. The van der Waals surface area contributed by atoms with E-state index in [4.69, 9.17) is 33.7 Å². The third-order valence-corrected chi connectivity index (χ3v) is 3.41. The summed E-state index contributed by atoms with van der Waals surface area (Å²) in [5, 5.41) is 0.811. The Labute approximate surface area is 117 Å². The monoisotopic (exact) mass is 331 g/mol. The zero-order chi connectivity index (χ0) is 12.4. The Morgan fingerprint density at radius 1 is 1.06 bits per heavy atom. The minimum Gasteiger partial charge on any atom is -0.454 e. The van der Waals surface area contributed by atoms with Gasteiger partial charge in [-0.25, -0.2) is 0 Å². The summed E-state index contributed by atoms with van der Waals surface area (Å²) in [6.07, 6.45) is 0. The van der Waals surface area contributed by atoms with Gasteiger partial charge in [0, 0.05) is 4.47 Å². The molecule has 0 unspecified atom stereocenters. The highest BCUT2D eigenvalue weighted by atomic mass is 79.9. The smallest absolute Gasteiger partial charge is 0.151 e. The summed E-state index contributed by atoms with van der Waals surface area (Å²) in [6.45, 7) is 0. The SMILES string of the molecule is Nc1ccc(Br)cc1Oc1cccc(Cl)c1Cl. The van der Waals surface area contributed by atoms with Crippen LogP contribution in [0.2, 0.25) is 10.0 Å². The largest absolute Gasteiger partial charge is 0.454 e. The molecule has 0 aliphatic carbocycles. The van der Waals surface area contributed by atoms with E-state index in [0.29, 0.717) is 27.2 Å². The van der Waals surface area contributed by atoms with Gasteiger partial charge in [-0.15, -0.1) is 0 Å². The number of hydrogen-bond acceptors (Lipinski definition) is 2. The normalized spacial score (nSPS) is 10.3. The number of ether oxygens (including phenoxy) is 1. The van der Waals surface area contributed by atoms with Crippen LogP contribution in [0.15, 0.2) is 40.9 Å². The van der Waals surface area contributed by atoms with Crippen LogP contribution in [0.25, 0.3) is 0 Å². The number of anilines is 1. The molecule has 2 N–H and O–H groups in total. The number of nitrogens with two attached hydrogens (primary N) is 1. The highest BCUT2D eigenvalue weighted by Gasteiger charge is 2.08. The summed E-state index contributed by atoms with van der Waals surface area (Å²) in [4.78, 5) is 0. The molecule has 0 amide bonds. The van der Waals surface area contributed by atoms with E-state index in [-0.39, 0.29) is 0 Å². The Morgan fingerprint density at radius 2 is 1.82 bits per heavy atom. The van der Waals surface area contributed by atoms with Crippen LogP contribution in [-0.2, 0) is 0 Å². The summed E-state index contributed by atoms with van der Waals surface area (Å²) in [6, 6.07) is 10.5. The van der Waals surface area contributed by atoms with Gasteiger partial charge in [0.1, 0.15) is 10.8 Å². The fourth-order valence-corrected chi connectivity index (χ4v) is 1.95. The lowest BCUT2D eigenvalue weighted by atomic mass is 10.3. The first kappa shape index (κ1) is 12.6. The molecule has 0 saturated heterocycles. The van der Waals surface area contributed by atoms with Crippen LogP contribution in [-0.4, -0.2) is 0 Å². The van der Waals surface area contributed by atoms with Crippen molar-refractivity contribution in [1.82, 2.24) is 0 Å². The first-order valence-corrected chi connectivity index (χ1v) is 6.29. The van der Waals surface area contributed by atoms with Gasteiger partial charge in [-0.05, 0) is 30.3 Å². The molecule has 2 rings (SSSR count). The maximum Gasteiger partial charge on any atom is 0.151 e. The van der Waals surface area contributed by atoms with Gasteiger partial charge < -0.3 is 10.5 Å². The fraction of sp³-hybridized carbons (Fsp3) is 0. The lowest BCUT2D eigenvalue weighted by molar-refractivity contribution is 0.485. The van der Waals surface area contributed by atoms with Crippen LogP contribution in [0.3, 0.4) is 0 Å². The molecule has 0 saturated carbocycles. The van der Waals surface area contributed by atoms with Crippen molar-refractivity contribution in [1.29, 1.82) is 0 Å². The Hall–Kier alpha value is -0.900. The standard InChI is InChI=1S/C12H8BrCl2NO/c13-7-4-5-9(16)11(6-7)17-10-3-1-2-8(14)12(10)15/h1-6H,16H2. The molecule has 0 bridgehead atoms. The van der Waals surface area contributed by atoms with E-state index in [1.165, 1.54) is 0 Å². The van der Waals surface area contributed by atoms with E-state index in [1.54, 1.807) is 30.3 Å². The van der Waals surface area contributed by atoms with Gasteiger partial charge in [-0.3, -0.25) is 0 Å². The lowest BCUT2D eigenvalue weighted by Crippen LogP contribution is -1.92. The van der Waals surface area contributed by atoms with E-state index in [0.717, 1.165) is 4.47 Å². The van der Waals surface area contributed by atoms with Gasteiger partial charge in [0.15, 0.2) is 5.75 Å². The molecule has 2 aromatic rings. The van der Waals surface area contributed by atoms with E-state index < -0.39 is 0 Å². The molecule has 0 aliphatic rings. The molecule has 2 aromatic carbocycles. The van der Waals surface area contributed by atoms with Crippen molar-refractivity contribution in [2.24, 2.45) is 0 Å². The van der Waals surface area contributed by atoms with Crippen LogP contribution >= 0.6 is 39.1 Å². The average Bonchev–Trinajstić information content (AvgIpc) is 2.30. The molecule has 0 aliphatic heterocycles. The number of hydrogen-bond donors (Lipinski definition) is 1. The third kappa shape index (κ3) is 2.86. The molecule has 0 fully saturated rings. The quantitative estimate of drug-likeness (QED) is 0.773. The summed E-state index contributed by atoms with van der Waals surface area (Å²) < 4.78 is 6.51. The molecule has 5 heteroatoms. The predicted molar refractivity (Wildman–Crippen MR) is 75.1 cm³/mol. The summed E-state index contributed by atoms with van der Waals surface area (Å²) in [5.41, 5.74) is 6.34. The number of benzene rings is 2. The van der Waals surface area contributed by atoms with Crippen LogP contribution in [0.4, 0.5) is 5.69 Å². The van der Waals surface area contributed by atoms with Gasteiger partial charge in [0.2, 0.25) is 0 Å². The second-order valence-corrected chi connectivity index (χ2v) is 5.04. The van der Waals surface area contributed by atoms with Crippen molar-refractivity contribution >= 4 is 44.8 Å².